The third kappa shape index (κ3) is 8.46. The van der Waals surface area contributed by atoms with Crippen LogP contribution in [0.4, 0.5) is 5.69 Å². The van der Waals surface area contributed by atoms with Crippen LogP contribution < -0.4 is 9.62 Å². The van der Waals surface area contributed by atoms with E-state index < -0.39 is 28.5 Å². The molecule has 0 bridgehead atoms. The number of hydrogen-bond donors (Lipinski definition) is 1. The van der Waals surface area contributed by atoms with Crippen molar-refractivity contribution >= 4 is 50.7 Å². The largest absolute Gasteiger partial charge is 0.354 e. The lowest BCUT2D eigenvalue weighted by molar-refractivity contribution is -0.138. The Morgan fingerprint density at radius 2 is 1.54 bits per heavy atom. The molecule has 0 saturated heterocycles. The van der Waals surface area contributed by atoms with Crippen LogP contribution in [0.2, 0.25) is 10.0 Å². The smallest absolute Gasteiger partial charge is 0.264 e. The molecule has 10 heteroatoms. The number of sulfonamides is 1. The molecule has 0 saturated carbocycles. The van der Waals surface area contributed by atoms with E-state index in [0.29, 0.717) is 23.0 Å². The van der Waals surface area contributed by atoms with Crippen molar-refractivity contribution in [3.05, 3.63) is 94.5 Å². The number of halogens is 2. The van der Waals surface area contributed by atoms with Crippen molar-refractivity contribution < 1.29 is 18.0 Å². The summed E-state index contributed by atoms with van der Waals surface area (Å²) in [7, 11) is -4.18. The van der Waals surface area contributed by atoms with Crippen molar-refractivity contribution in [3.63, 3.8) is 0 Å². The Balaban J connectivity index is 1.96. The van der Waals surface area contributed by atoms with E-state index in [4.69, 9.17) is 23.2 Å². The quantitative estimate of drug-likeness (QED) is 0.305. The number of amides is 2. The van der Waals surface area contributed by atoms with E-state index in [2.05, 4.69) is 5.32 Å². The maximum atomic E-state index is 13.8. The van der Waals surface area contributed by atoms with Gasteiger partial charge >= 0.3 is 0 Å². The topological polar surface area (TPSA) is 86.8 Å². The number of hydrogen-bond acceptors (Lipinski definition) is 4. The Bertz CT molecular complexity index is 1370. The summed E-state index contributed by atoms with van der Waals surface area (Å²) in [6, 6.07) is 20.8. The summed E-state index contributed by atoms with van der Waals surface area (Å²) in [6.45, 7) is 5.77. The molecule has 1 unspecified atom stereocenters. The van der Waals surface area contributed by atoms with Gasteiger partial charge in [0.2, 0.25) is 11.8 Å². The molecule has 3 aromatic carbocycles. The van der Waals surface area contributed by atoms with Gasteiger partial charge < -0.3 is 10.2 Å². The molecule has 0 aromatic heterocycles. The molecule has 39 heavy (non-hydrogen) atoms. The molecule has 0 radical (unpaired) electrons. The van der Waals surface area contributed by atoms with E-state index in [9.17, 15) is 18.0 Å². The minimum Gasteiger partial charge on any atom is -0.354 e. The molecule has 0 aliphatic rings. The first kappa shape index (κ1) is 30.5. The van der Waals surface area contributed by atoms with Gasteiger partial charge in [-0.05, 0) is 67.3 Å². The third-order valence-electron chi connectivity index (χ3n) is 6.11. The lowest BCUT2D eigenvalue weighted by Gasteiger charge is -2.32. The molecule has 0 aliphatic carbocycles. The van der Waals surface area contributed by atoms with Crippen LogP contribution in [0.3, 0.4) is 0 Å². The fourth-order valence-electron chi connectivity index (χ4n) is 3.92. The molecule has 208 valence electrons. The minimum absolute atomic E-state index is 0.0294. The van der Waals surface area contributed by atoms with Crippen LogP contribution in [-0.4, -0.2) is 50.8 Å². The van der Waals surface area contributed by atoms with Crippen LogP contribution in [0.25, 0.3) is 0 Å². The number of carbonyl (C=O) groups excluding carboxylic acids is 2. The van der Waals surface area contributed by atoms with E-state index in [1.807, 2.05) is 44.2 Å². The maximum Gasteiger partial charge on any atom is 0.264 e. The van der Waals surface area contributed by atoms with Crippen LogP contribution in [0.15, 0.2) is 83.8 Å². The van der Waals surface area contributed by atoms with Gasteiger partial charge in [-0.25, -0.2) is 8.42 Å². The summed E-state index contributed by atoms with van der Waals surface area (Å²) in [5.41, 5.74) is 1.22. The first-order valence-electron chi connectivity index (χ1n) is 12.6. The van der Waals surface area contributed by atoms with Gasteiger partial charge in [-0.15, -0.1) is 0 Å². The molecule has 0 heterocycles. The van der Waals surface area contributed by atoms with Gasteiger partial charge in [-0.1, -0.05) is 73.4 Å². The van der Waals surface area contributed by atoms with Gasteiger partial charge in [0.1, 0.15) is 12.6 Å². The van der Waals surface area contributed by atoms with E-state index in [1.165, 1.54) is 35.2 Å². The molecule has 1 atom stereocenters. The highest BCUT2D eigenvalue weighted by atomic mass is 35.5. The highest BCUT2D eigenvalue weighted by Gasteiger charge is 2.32. The zero-order valence-corrected chi connectivity index (χ0v) is 24.5. The van der Waals surface area contributed by atoms with Crippen LogP contribution in [-0.2, 0) is 26.0 Å². The predicted molar refractivity (Wildman–Crippen MR) is 157 cm³/mol. The normalized spacial score (nSPS) is 12.2. The molecule has 0 aliphatic heterocycles. The molecule has 7 nitrogen and oxygen atoms in total. The standard InChI is InChI=1S/C29H33Cl2N3O4S/c1-21(2)19-32-29(36)22(3)33(17-16-23-8-5-4-6-9-23)28(35)20-34(26-11-7-10-25(31)18-26)39(37,38)27-14-12-24(30)13-15-27/h4-15,18,21-22H,16-17,19-20H2,1-3H3,(H,32,36). The van der Waals surface area contributed by atoms with Crippen LogP contribution in [0, 0.1) is 5.92 Å². The average Bonchev–Trinajstić information content (AvgIpc) is 2.91. The fraction of sp³-hybridized carbons (Fsp3) is 0.310. The molecular formula is C29H33Cl2N3O4S. The Morgan fingerprint density at radius 3 is 2.15 bits per heavy atom. The Kier molecular flexibility index (Phi) is 10.8. The lowest BCUT2D eigenvalue weighted by atomic mass is 10.1. The number of benzene rings is 3. The van der Waals surface area contributed by atoms with E-state index in [0.717, 1.165) is 9.87 Å². The molecule has 3 aromatic rings. The summed E-state index contributed by atoms with van der Waals surface area (Å²) in [5, 5.41) is 3.57. The van der Waals surface area contributed by atoms with E-state index in [-0.39, 0.29) is 29.0 Å². The second-order valence-electron chi connectivity index (χ2n) is 9.58. The van der Waals surface area contributed by atoms with Crippen molar-refractivity contribution in [1.82, 2.24) is 10.2 Å². The maximum absolute atomic E-state index is 13.8. The van der Waals surface area contributed by atoms with Crippen LogP contribution >= 0.6 is 23.2 Å². The monoisotopic (exact) mass is 589 g/mol. The average molecular weight is 591 g/mol. The summed E-state index contributed by atoms with van der Waals surface area (Å²) in [6.07, 6.45) is 0.496. The first-order valence-corrected chi connectivity index (χ1v) is 14.8. The number of nitrogens with one attached hydrogen (secondary N) is 1. The zero-order chi connectivity index (χ0) is 28.6. The Labute approximate surface area is 240 Å². The number of nitrogens with zero attached hydrogens (tertiary/aromatic N) is 2. The molecular weight excluding hydrogens is 557 g/mol. The Morgan fingerprint density at radius 1 is 0.872 bits per heavy atom. The summed E-state index contributed by atoms with van der Waals surface area (Å²) >= 11 is 12.2. The summed E-state index contributed by atoms with van der Waals surface area (Å²) < 4.78 is 28.5. The van der Waals surface area contributed by atoms with Crippen molar-refractivity contribution in [2.45, 2.75) is 38.1 Å². The minimum atomic E-state index is -4.18. The SMILES string of the molecule is CC(C)CNC(=O)C(C)N(CCc1ccccc1)C(=O)CN(c1cccc(Cl)c1)S(=O)(=O)c1ccc(Cl)cc1. The van der Waals surface area contributed by atoms with Gasteiger partial charge in [0.15, 0.2) is 0 Å². The van der Waals surface area contributed by atoms with Gasteiger partial charge in [0, 0.05) is 23.1 Å². The second kappa shape index (κ2) is 13.8. The van der Waals surface area contributed by atoms with Gasteiger partial charge in [0.05, 0.1) is 10.6 Å². The Hall–Kier alpha value is -3.07. The van der Waals surface area contributed by atoms with Crippen molar-refractivity contribution in [2.24, 2.45) is 5.92 Å². The summed E-state index contributed by atoms with van der Waals surface area (Å²) in [5.74, 6) is -0.590. The number of anilines is 1. The highest BCUT2D eigenvalue weighted by Crippen LogP contribution is 2.27. The van der Waals surface area contributed by atoms with Gasteiger partial charge in [-0.3, -0.25) is 13.9 Å². The molecule has 2 amide bonds. The highest BCUT2D eigenvalue weighted by molar-refractivity contribution is 7.92. The second-order valence-corrected chi connectivity index (χ2v) is 12.3. The van der Waals surface area contributed by atoms with Crippen LogP contribution in [0.5, 0.6) is 0 Å². The van der Waals surface area contributed by atoms with Crippen molar-refractivity contribution in [3.8, 4) is 0 Å². The fourth-order valence-corrected chi connectivity index (χ4v) is 5.63. The first-order chi connectivity index (χ1) is 18.5. The molecule has 3 rings (SSSR count). The zero-order valence-electron chi connectivity index (χ0n) is 22.2. The summed E-state index contributed by atoms with van der Waals surface area (Å²) in [4.78, 5) is 28.2. The van der Waals surface area contributed by atoms with Gasteiger partial charge in [-0.2, -0.15) is 0 Å². The van der Waals surface area contributed by atoms with Gasteiger partial charge in [0.25, 0.3) is 10.0 Å². The van der Waals surface area contributed by atoms with E-state index in [1.54, 1.807) is 25.1 Å². The van der Waals surface area contributed by atoms with Crippen molar-refractivity contribution in [2.75, 3.05) is 23.9 Å². The van der Waals surface area contributed by atoms with E-state index >= 15 is 0 Å². The third-order valence-corrected chi connectivity index (χ3v) is 8.39. The lowest BCUT2D eigenvalue weighted by Crippen LogP contribution is -2.52. The van der Waals surface area contributed by atoms with Crippen molar-refractivity contribution in [1.29, 1.82) is 0 Å². The number of carbonyl (C=O) groups is 2. The van der Waals surface area contributed by atoms with Crippen LogP contribution in [0.1, 0.15) is 26.3 Å². The molecule has 0 spiro atoms. The molecule has 0 fully saturated rings. The predicted octanol–water partition coefficient (Wildman–Crippen LogP) is 5.42. The number of rotatable bonds is 12. The molecule has 1 N–H and O–H groups in total.